The van der Waals surface area contributed by atoms with Crippen LogP contribution in [0.1, 0.15) is 5.56 Å². The summed E-state index contributed by atoms with van der Waals surface area (Å²) in [5.41, 5.74) is 1.61. The number of benzene rings is 2. The number of para-hydroxylation sites is 1. The molecule has 0 saturated heterocycles. The van der Waals surface area contributed by atoms with E-state index in [2.05, 4.69) is 14.9 Å². The second-order valence-electron chi connectivity index (χ2n) is 5.42. The molecular weight excluding hydrogens is 383 g/mol. The molecule has 3 rings (SSSR count). The van der Waals surface area contributed by atoms with E-state index in [1.165, 1.54) is 6.07 Å². The Hall–Kier alpha value is -2.09. The minimum absolute atomic E-state index is 0.225. The Balaban J connectivity index is 1.89. The molecule has 130 valence electrons. The van der Waals surface area contributed by atoms with Gasteiger partial charge in [0.1, 0.15) is 6.33 Å². The van der Waals surface area contributed by atoms with Gasteiger partial charge in [0.15, 0.2) is 5.82 Å². The summed E-state index contributed by atoms with van der Waals surface area (Å²) in [6.45, 7) is 0. The molecule has 0 atom stereocenters. The highest BCUT2D eigenvalue weighted by Gasteiger charge is 2.17. The smallest absolute Gasteiger partial charge is 0.236 e. The predicted molar refractivity (Wildman–Crippen MR) is 99.1 cm³/mol. The second-order valence-corrected chi connectivity index (χ2v) is 7.96. The Morgan fingerprint density at radius 1 is 1.12 bits per heavy atom. The van der Waals surface area contributed by atoms with Crippen molar-refractivity contribution >= 4 is 38.9 Å². The number of rotatable bonds is 5. The number of aryl methyl sites for hydroxylation is 1. The normalized spacial score (nSPS) is 11.5. The van der Waals surface area contributed by atoms with E-state index in [0.717, 1.165) is 0 Å². The van der Waals surface area contributed by atoms with E-state index in [1.807, 2.05) is 0 Å². The number of halogens is 2. The maximum atomic E-state index is 12.5. The molecule has 2 aromatic carbocycles. The largest absolute Gasteiger partial charge is 0.317 e. The second kappa shape index (κ2) is 7.03. The van der Waals surface area contributed by atoms with Crippen LogP contribution in [0.2, 0.25) is 10.0 Å². The Labute approximate surface area is 155 Å². The average Bonchev–Trinajstić information content (AvgIpc) is 2.97. The lowest BCUT2D eigenvalue weighted by atomic mass is 10.2. The molecule has 0 spiro atoms. The van der Waals surface area contributed by atoms with Gasteiger partial charge in [-0.1, -0.05) is 41.4 Å². The summed E-state index contributed by atoms with van der Waals surface area (Å²) in [4.78, 5) is 0. The van der Waals surface area contributed by atoms with Gasteiger partial charge in [-0.3, -0.25) is 4.72 Å². The Kier molecular flexibility index (Phi) is 4.99. The quantitative estimate of drug-likeness (QED) is 0.712. The number of anilines is 1. The van der Waals surface area contributed by atoms with Crippen LogP contribution in [0.5, 0.6) is 0 Å². The van der Waals surface area contributed by atoms with Gasteiger partial charge in [-0.15, -0.1) is 10.2 Å². The van der Waals surface area contributed by atoms with Crippen LogP contribution in [0.3, 0.4) is 0 Å². The van der Waals surface area contributed by atoms with Crippen molar-refractivity contribution in [2.45, 2.75) is 5.75 Å². The molecule has 0 fully saturated rings. The summed E-state index contributed by atoms with van der Waals surface area (Å²) in [7, 11) is -1.86. The Bertz CT molecular complexity index is 1020. The number of sulfonamides is 1. The summed E-state index contributed by atoms with van der Waals surface area (Å²) in [5, 5.41) is 8.55. The van der Waals surface area contributed by atoms with Crippen molar-refractivity contribution < 1.29 is 8.42 Å². The van der Waals surface area contributed by atoms with Crippen LogP contribution >= 0.6 is 23.2 Å². The molecule has 0 aliphatic carbocycles. The summed E-state index contributed by atoms with van der Waals surface area (Å²) in [5.74, 6) is 0.338. The maximum Gasteiger partial charge on any atom is 0.236 e. The maximum absolute atomic E-state index is 12.5. The highest BCUT2D eigenvalue weighted by atomic mass is 35.5. The molecule has 1 heterocycles. The van der Waals surface area contributed by atoms with E-state index in [0.29, 0.717) is 32.7 Å². The molecule has 25 heavy (non-hydrogen) atoms. The van der Waals surface area contributed by atoms with Crippen molar-refractivity contribution in [2.24, 2.45) is 7.05 Å². The van der Waals surface area contributed by atoms with Crippen LogP contribution in [-0.2, 0) is 22.8 Å². The van der Waals surface area contributed by atoms with Crippen molar-refractivity contribution in [2.75, 3.05) is 4.72 Å². The average molecular weight is 397 g/mol. The fourth-order valence-corrected chi connectivity index (χ4v) is 3.87. The Morgan fingerprint density at radius 3 is 2.56 bits per heavy atom. The number of hydrogen-bond donors (Lipinski definition) is 1. The monoisotopic (exact) mass is 396 g/mol. The number of aromatic nitrogens is 3. The van der Waals surface area contributed by atoms with Gasteiger partial charge in [0, 0.05) is 12.6 Å². The third-order valence-corrected chi connectivity index (χ3v) is 5.47. The molecule has 0 unspecified atom stereocenters. The lowest BCUT2D eigenvalue weighted by molar-refractivity contribution is 0.600. The number of nitrogens with zero attached hydrogens (tertiary/aromatic N) is 3. The van der Waals surface area contributed by atoms with Crippen molar-refractivity contribution in [1.82, 2.24) is 14.8 Å². The van der Waals surface area contributed by atoms with Crippen LogP contribution < -0.4 is 4.72 Å². The molecule has 6 nitrogen and oxygen atoms in total. The van der Waals surface area contributed by atoms with Gasteiger partial charge >= 0.3 is 0 Å². The van der Waals surface area contributed by atoms with Crippen LogP contribution in [-0.4, -0.2) is 23.2 Å². The highest BCUT2D eigenvalue weighted by Crippen LogP contribution is 2.28. The summed E-state index contributed by atoms with van der Waals surface area (Å²) >= 11 is 11.8. The standard InChI is InChI=1S/C16H14Cl2N4O2S/c1-22-10-19-20-16(22)12-4-2-3-5-15(12)21-25(23,24)9-11-6-7-13(17)14(18)8-11/h2-8,10,21H,9H2,1H3. The first-order chi connectivity index (χ1) is 11.9. The van der Waals surface area contributed by atoms with Gasteiger partial charge in [-0.05, 0) is 29.8 Å². The molecule has 0 amide bonds. The SMILES string of the molecule is Cn1cnnc1-c1ccccc1NS(=O)(=O)Cc1ccc(Cl)c(Cl)c1. The first kappa shape index (κ1) is 17.7. The molecule has 0 bridgehead atoms. The van der Waals surface area contributed by atoms with Gasteiger partial charge in [-0.25, -0.2) is 8.42 Å². The fraction of sp³-hybridized carbons (Fsp3) is 0.125. The Morgan fingerprint density at radius 2 is 1.88 bits per heavy atom. The lowest BCUT2D eigenvalue weighted by Crippen LogP contribution is -2.16. The topological polar surface area (TPSA) is 76.9 Å². The van der Waals surface area contributed by atoms with Gasteiger partial charge in [0.05, 0.1) is 21.5 Å². The molecular formula is C16H14Cl2N4O2S. The van der Waals surface area contributed by atoms with E-state index in [-0.39, 0.29) is 5.75 Å². The predicted octanol–water partition coefficient (Wildman–Crippen LogP) is 3.73. The fourth-order valence-electron chi connectivity index (χ4n) is 2.35. The molecule has 0 radical (unpaired) electrons. The zero-order valence-electron chi connectivity index (χ0n) is 13.1. The first-order valence-corrected chi connectivity index (χ1v) is 9.64. The van der Waals surface area contributed by atoms with Crippen molar-refractivity contribution in [3.05, 3.63) is 64.4 Å². The summed E-state index contributed by atoms with van der Waals surface area (Å²) in [6.07, 6.45) is 1.55. The molecule has 3 aromatic rings. The first-order valence-electron chi connectivity index (χ1n) is 7.23. The number of nitrogens with one attached hydrogen (secondary N) is 1. The molecule has 9 heteroatoms. The van der Waals surface area contributed by atoms with Crippen molar-refractivity contribution in [3.8, 4) is 11.4 Å². The van der Waals surface area contributed by atoms with Gasteiger partial charge in [0.2, 0.25) is 10.0 Å². The van der Waals surface area contributed by atoms with E-state index in [9.17, 15) is 8.42 Å². The molecule has 0 saturated carbocycles. The number of hydrogen-bond acceptors (Lipinski definition) is 4. The van der Waals surface area contributed by atoms with Crippen molar-refractivity contribution in [3.63, 3.8) is 0 Å². The van der Waals surface area contributed by atoms with E-state index in [4.69, 9.17) is 23.2 Å². The van der Waals surface area contributed by atoms with E-state index < -0.39 is 10.0 Å². The van der Waals surface area contributed by atoms with Crippen LogP contribution in [0.15, 0.2) is 48.8 Å². The molecule has 0 aliphatic rings. The zero-order valence-corrected chi connectivity index (χ0v) is 15.5. The van der Waals surface area contributed by atoms with E-state index in [1.54, 1.807) is 54.3 Å². The third-order valence-electron chi connectivity index (χ3n) is 3.49. The van der Waals surface area contributed by atoms with Crippen LogP contribution in [0.4, 0.5) is 5.69 Å². The minimum atomic E-state index is -3.65. The summed E-state index contributed by atoms with van der Waals surface area (Å²) in [6, 6.07) is 11.7. The summed E-state index contributed by atoms with van der Waals surface area (Å²) < 4.78 is 29.4. The van der Waals surface area contributed by atoms with Gasteiger partial charge in [0.25, 0.3) is 0 Å². The van der Waals surface area contributed by atoms with Crippen LogP contribution in [0.25, 0.3) is 11.4 Å². The minimum Gasteiger partial charge on any atom is -0.317 e. The molecule has 1 N–H and O–H groups in total. The van der Waals surface area contributed by atoms with Crippen molar-refractivity contribution in [1.29, 1.82) is 0 Å². The lowest BCUT2D eigenvalue weighted by Gasteiger charge is -2.12. The zero-order chi connectivity index (χ0) is 18.0. The third kappa shape index (κ3) is 4.12. The molecule has 1 aromatic heterocycles. The highest BCUT2D eigenvalue weighted by molar-refractivity contribution is 7.91. The molecule has 0 aliphatic heterocycles. The van der Waals surface area contributed by atoms with Gasteiger partial charge in [-0.2, -0.15) is 0 Å². The van der Waals surface area contributed by atoms with Gasteiger partial charge < -0.3 is 4.57 Å². The van der Waals surface area contributed by atoms with Crippen LogP contribution in [0, 0.1) is 0 Å². The van der Waals surface area contributed by atoms with E-state index >= 15 is 0 Å².